The van der Waals surface area contributed by atoms with Crippen molar-refractivity contribution in [3.63, 3.8) is 0 Å². The molecule has 0 fully saturated rings. The third kappa shape index (κ3) is 4.00. The lowest BCUT2D eigenvalue weighted by atomic mass is 10.1. The van der Waals surface area contributed by atoms with Crippen LogP contribution in [0.2, 0.25) is 0 Å². The summed E-state index contributed by atoms with van der Waals surface area (Å²) in [6.45, 7) is 6.61. The van der Waals surface area contributed by atoms with Gasteiger partial charge in [0.05, 0.1) is 0 Å². The number of pyridine rings is 1. The summed E-state index contributed by atoms with van der Waals surface area (Å²) in [5.74, 6) is 0.627. The smallest absolute Gasteiger partial charge is 0.254 e. The van der Waals surface area contributed by atoms with Crippen LogP contribution in [0, 0.1) is 6.92 Å². The zero-order valence-electron chi connectivity index (χ0n) is 10.6. The van der Waals surface area contributed by atoms with Crippen LogP contribution in [-0.2, 0) is 0 Å². The number of carbonyl (C=O) groups excluding carboxylic acids is 1. The van der Waals surface area contributed by atoms with Gasteiger partial charge in [0.25, 0.3) is 5.91 Å². The summed E-state index contributed by atoms with van der Waals surface area (Å²) >= 11 is 5.68. The largest absolute Gasteiger partial charge is 0.336 e. The number of rotatable bonds is 5. The van der Waals surface area contributed by atoms with Crippen molar-refractivity contribution in [2.45, 2.75) is 33.2 Å². The van der Waals surface area contributed by atoms with Crippen molar-refractivity contribution in [2.75, 3.05) is 12.4 Å². The van der Waals surface area contributed by atoms with E-state index in [1.165, 1.54) is 0 Å². The van der Waals surface area contributed by atoms with Gasteiger partial charge in [0.15, 0.2) is 0 Å². The molecule has 0 aliphatic rings. The molecule has 0 saturated heterocycles. The van der Waals surface area contributed by atoms with E-state index in [9.17, 15) is 4.79 Å². The second kappa shape index (κ2) is 6.60. The molecule has 1 aromatic rings. The van der Waals surface area contributed by atoms with E-state index < -0.39 is 0 Å². The van der Waals surface area contributed by atoms with Gasteiger partial charge >= 0.3 is 0 Å². The summed E-state index contributed by atoms with van der Waals surface area (Å²) in [5.41, 5.74) is 1.55. The lowest BCUT2D eigenvalue weighted by molar-refractivity contribution is 0.0706. The molecule has 0 aliphatic carbocycles. The SMILES string of the molecule is Cc1cc(C(=O)N(CCCCl)C(C)C)ccn1. The lowest BCUT2D eigenvalue weighted by Crippen LogP contribution is -2.37. The van der Waals surface area contributed by atoms with Gasteiger partial charge in [-0.15, -0.1) is 11.6 Å². The van der Waals surface area contributed by atoms with E-state index in [-0.39, 0.29) is 11.9 Å². The second-order valence-corrected chi connectivity index (χ2v) is 4.70. The highest BCUT2D eigenvalue weighted by Gasteiger charge is 2.18. The van der Waals surface area contributed by atoms with Crippen LogP contribution in [0.4, 0.5) is 0 Å². The van der Waals surface area contributed by atoms with Gasteiger partial charge in [-0.2, -0.15) is 0 Å². The number of hydrogen-bond donors (Lipinski definition) is 0. The van der Waals surface area contributed by atoms with Crippen molar-refractivity contribution < 1.29 is 4.79 Å². The molecular weight excluding hydrogens is 236 g/mol. The summed E-state index contributed by atoms with van der Waals surface area (Å²) in [4.78, 5) is 18.2. The van der Waals surface area contributed by atoms with E-state index in [2.05, 4.69) is 4.98 Å². The van der Waals surface area contributed by atoms with Crippen LogP contribution in [0.3, 0.4) is 0 Å². The quantitative estimate of drug-likeness (QED) is 0.757. The minimum atomic E-state index is 0.0515. The predicted octanol–water partition coefficient (Wildman–Crippen LogP) is 2.87. The summed E-state index contributed by atoms with van der Waals surface area (Å²) < 4.78 is 0. The molecule has 1 rings (SSSR count). The highest BCUT2D eigenvalue weighted by Crippen LogP contribution is 2.10. The molecule has 0 N–H and O–H groups in total. The topological polar surface area (TPSA) is 33.2 Å². The Hall–Kier alpha value is -1.09. The number of nitrogens with zero attached hydrogens (tertiary/aromatic N) is 2. The number of aromatic nitrogens is 1. The van der Waals surface area contributed by atoms with Crippen molar-refractivity contribution in [2.24, 2.45) is 0 Å². The highest BCUT2D eigenvalue weighted by atomic mass is 35.5. The first kappa shape index (κ1) is 14.0. The minimum Gasteiger partial charge on any atom is -0.336 e. The maximum Gasteiger partial charge on any atom is 0.254 e. The fourth-order valence-corrected chi connectivity index (χ4v) is 1.79. The summed E-state index contributed by atoms with van der Waals surface area (Å²) in [6.07, 6.45) is 2.48. The van der Waals surface area contributed by atoms with Crippen LogP contribution in [0.5, 0.6) is 0 Å². The molecule has 0 aromatic carbocycles. The normalized spacial score (nSPS) is 10.6. The summed E-state index contributed by atoms with van der Waals surface area (Å²) in [5, 5.41) is 0. The average molecular weight is 255 g/mol. The molecule has 94 valence electrons. The Balaban J connectivity index is 2.84. The molecule has 17 heavy (non-hydrogen) atoms. The zero-order chi connectivity index (χ0) is 12.8. The number of carbonyl (C=O) groups is 1. The molecule has 0 radical (unpaired) electrons. The summed E-state index contributed by atoms with van der Waals surface area (Å²) in [7, 11) is 0. The van der Waals surface area contributed by atoms with Crippen molar-refractivity contribution in [1.82, 2.24) is 9.88 Å². The molecule has 1 amide bonds. The van der Waals surface area contributed by atoms with Crippen LogP contribution < -0.4 is 0 Å². The molecular formula is C13H19ClN2O. The third-order valence-electron chi connectivity index (χ3n) is 2.56. The van der Waals surface area contributed by atoms with Crippen molar-refractivity contribution >= 4 is 17.5 Å². The van der Waals surface area contributed by atoms with Crippen LogP contribution in [0.15, 0.2) is 18.3 Å². The Morgan fingerprint density at radius 1 is 1.53 bits per heavy atom. The van der Waals surface area contributed by atoms with Crippen LogP contribution in [0.25, 0.3) is 0 Å². The van der Waals surface area contributed by atoms with E-state index >= 15 is 0 Å². The number of halogens is 1. The average Bonchev–Trinajstić information content (AvgIpc) is 2.29. The molecule has 0 aliphatic heterocycles. The molecule has 3 nitrogen and oxygen atoms in total. The zero-order valence-corrected chi connectivity index (χ0v) is 11.4. The Labute approximate surface area is 108 Å². The molecule has 4 heteroatoms. The van der Waals surface area contributed by atoms with Gasteiger partial charge in [0.1, 0.15) is 0 Å². The fourth-order valence-electron chi connectivity index (χ4n) is 1.67. The van der Waals surface area contributed by atoms with E-state index in [0.717, 1.165) is 12.1 Å². The van der Waals surface area contributed by atoms with E-state index in [1.54, 1.807) is 12.3 Å². The Bertz CT molecular complexity index is 379. The lowest BCUT2D eigenvalue weighted by Gasteiger charge is -2.26. The molecule has 0 bridgehead atoms. The minimum absolute atomic E-state index is 0.0515. The standard InChI is InChI=1S/C13H19ClN2O/c1-10(2)16(8-4-6-14)13(17)12-5-7-15-11(3)9-12/h5,7,9-10H,4,6,8H2,1-3H3. The van der Waals surface area contributed by atoms with E-state index in [0.29, 0.717) is 18.0 Å². The predicted molar refractivity (Wildman–Crippen MR) is 70.5 cm³/mol. The van der Waals surface area contributed by atoms with Gasteiger partial charge in [-0.3, -0.25) is 9.78 Å². The monoisotopic (exact) mass is 254 g/mol. The Morgan fingerprint density at radius 2 is 2.24 bits per heavy atom. The first-order valence-electron chi connectivity index (χ1n) is 5.86. The van der Waals surface area contributed by atoms with Gasteiger partial charge in [0, 0.05) is 35.9 Å². The molecule has 1 aromatic heterocycles. The van der Waals surface area contributed by atoms with Crippen LogP contribution >= 0.6 is 11.6 Å². The fraction of sp³-hybridized carbons (Fsp3) is 0.538. The van der Waals surface area contributed by atoms with Gasteiger partial charge in [-0.05, 0) is 39.3 Å². The molecule has 0 saturated carbocycles. The Kier molecular flexibility index (Phi) is 5.42. The maximum absolute atomic E-state index is 12.3. The van der Waals surface area contributed by atoms with Gasteiger partial charge < -0.3 is 4.90 Å². The summed E-state index contributed by atoms with van der Waals surface area (Å²) in [6, 6.07) is 3.75. The van der Waals surface area contributed by atoms with Crippen molar-refractivity contribution in [1.29, 1.82) is 0 Å². The van der Waals surface area contributed by atoms with Crippen LogP contribution in [-0.4, -0.2) is 34.3 Å². The second-order valence-electron chi connectivity index (χ2n) is 4.32. The maximum atomic E-state index is 12.3. The van der Waals surface area contributed by atoms with Gasteiger partial charge in [0.2, 0.25) is 0 Å². The first-order chi connectivity index (χ1) is 8.06. The van der Waals surface area contributed by atoms with Crippen LogP contribution in [0.1, 0.15) is 36.3 Å². The number of alkyl halides is 1. The molecule has 0 atom stereocenters. The highest BCUT2D eigenvalue weighted by molar-refractivity contribution is 6.17. The van der Waals surface area contributed by atoms with Gasteiger partial charge in [-0.1, -0.05) is 0 Å². The first-order valence-corrected chi connectivity index (χ1v) is 6.39. The third-order valence-corrected chi connectivity index (χ3v) is 2.83. The Morgan fingerprint density at radius 3 is 2.76 bits per heavy atom. The van der Waals surface area contributed by atoms with Gasteiger partial charge in [-0.25, -0.2) is 0 Å². The molecule has 1 heterocycles. The number of hydrogen-bond acceptors (Lipinski definition) is 2. The van der Waals surface area contributed by atoms with Crippen molar-refractivity contribution in [3.05, 3.63) is 29.6 Å². The molecule has 0 unspecified atom stereocenters. The van der Waals surface area contributed by atoms with E-state index in [1.807, 2.05) is 31.7 Å². The van der Waals surface area contributed by atoms with Crippen molar-refractivity contribution in [3.8, 4) is 0 Å². The van der Waals surface area contributed by atoms with E-state index in [4.69, 9.17) is 11.6 Å². The number of aryl methyl sites for hydroxylation is 1. The number of amides is 1. The molecule has 0 spiro atoms.